The lowest BCUT2D eigenvalue weighted by molar-refractivity contribution is 0.267. The summed E-state index contributed by atoms with van der Waals surface area (Å²) < 4.78 is 26.8. The third-order valence-electron chi connectivity index (χ3n) is 5.77. The number of hydrogen-bond donors (Lipinski definition) is 0. The van der Waals surface area contributed by atoms with Crippen LogP contribution in [0.15, 0.2) is 41.7 Å². The molecule has 0 spiro atoms. The van der Waals surface area contributed by atoms with E-state index < -0.39 is 9.84 Å². The van der Waals surface area contributed by atoms with Gasteiger partial charge in [0, 0.05) is 13.1 Å². The van der Waals surface area contributed by atoms with Gasteiger partial charge in [-0.1, -0.05) is 50.6 Å². The normalized spacial score (nSPS) is 18.9. The molecule has 0 saturated carbocycles. The van der Waals surface area contributed by atoms with Crippen molar-refractivity contribution in [2.75, 3.05) is 18.8 Å². The minimum atomic E-state index is -3.30. The highest BCUT2D eigenvalue weighted by molar-refractivity contribution is 7.91. The van der Waals surface area contributed by atoms with E-state index in [1.807, 2.05) is 4.57 Å². The zero-order valence-electron chi connectivity index (χ0n) is 17.2. The number of nitrogens with zero attached hydrogens (tertiary/aromatic N) is 3. The highest BCUT2D eigenvalue weighted by Crippen LogP contribution is 2.28. The summed E-state index contributed by atoms with van der Waals surface area (Å²) in [6, 6.07) is 10.8. The Labute approximate surface area is 169 Å². The number of imidazole rings is 1. The topological polar surface area (TPSA) is 55.2 Å². The van der Waals surface area contributed by atoms with E-state index in [0.717, 1.165) is 51.1 Å². The second kappa shape index (κ2) is 9.70. The molecule has 5 nitrogen and oxygen atoms in total. The Hall–Kier alpha value is -1.66. The maximum Gasteiger partial charge on any atom is 0.227 e. The quantitative estimate of drug-likeness (QED) is 0.661. The second-order valence-electron chi connectivity index (χ2n) is 7.76. The van der Waals surface area contributed by atoms with Crippen LogP contribution in [0.2, 0.25) is 0 Å². The predicted molar refractivity (Wildman–Crippen MR) is 113 cm³/mol. The lowest BCUT2D eigenvalue weighted by atomic mass is 9.92. The van der Waals surface area contributed by atoms with Gasteiger partial charge in [-0.05, 0) is 50.3 Å². The fourth-order valence-electron chi connectivity index (χ4n) is 4.05. The van der Waals surface area contributed by atoms with Crippen molar-refractivity contribution in [2.45, 2.75) is 70.1 Å². The molecule has 0 aliphatic carbocycles. The summed E-state index contributed by atoms with van der Waals surface area (Å²) in [5.74, 6) is 0.713. The van der Waals surface area contributed by atoms with Gasteiger partial charge in [0.25, 0.3) is 0 Å². The third kappa shape index (κ3) is 5.03. The van der Waals surface area contributed by atoms with E-state index in [4.69, 9.17) is 0 Å². The van der Waals surface area contributed by atoms with Gasteiger partial charge >= 0.3 is 0 Å². The van der Waals surface area contributed by atoms with Gasteiger partial charge in [-0.25, -0.2) is 13.4 Å². The third-order valence-corrected chi connectivity index (χ3v) is 7.41. The standard InChI is InChI=1S/C22H33N3O2S/c1-3-5-15-25-21(17-23-22(25)28(26,27)4-2)18-24-14-9-12-20(13-16-24)19-10-7-6-8-11-19/h6-8,10-11,17,20H,3-5,9,12-16,18H2,1-2H3. The van der Waals surface area contributed by atoms with Crippen LogP contribution >= 0.6 is 0 Å². The lowest BCUT2D eigenvalue weighted by Crippen LogP contribution is -2.26. The smallest absolute Gasteiger partial charge is 0.227 e. The molecule has 3 rings (SSSR count). The molecule has 2 aromatic rings. The summed E-state index contributed by atoms with van der Waals surface area (Å²) >= 11 is 0. The van der Waals surface area contributed by atoms with Crippen molar-refractivity contribution in [3.8, 4) is 0 Å². The number of benzene rings is 1. The highest BCUT2D eigenvalue weighted by Gasteiger charge is 2.24. The van der Waals surface area contributed by atoms with Crippen molar-refractivity contribution >= 4 is 9.84 Å². The summed E-state index contributed by atoms with van der Waals surface area (Å²) in [6.45, 7) is 7.40. The molecule has 154 valence electrons. The Morgan fingerprint density at radius 1 is 1.11 bits per heavy atom. The number of sulfone groups is 1. The largest absolute Gasteiger partial charge is 0.318 e. The molecule has 0 bridgehead atoms. The van der Waals surface area contributed by atoms with Crippen LogP contribution in [0.5, 0.6) is 0 Å². The molecule has 1 fully saturated rings. The van der Waals surface area contributed by atoms with Crippen molar-refractivity contribution < 1.29 is 8.42 Å². The van der Waals surface area contributed by atoms with E-state index >= 15 is 0 Å². The van der Waals surface area contributed by atoms with E-state index in [1.54, 1.807) is 13.1 Å². The zero-order chi connectivity index (χ0) is 20.0. The summed E-state index contributed by atoms with van der Waals surface area (Å²) in [7, 11) is -3.30. The SMILES string of the molecule is CCCCn1c(CN2CCCC(c3ccccc3)CC2)cnc1S(=O)(=O)CC. The van der Waals surface area contributed by atoms with Gasteiger partial charge in [0.2, 0.25) is 15.0 Å². The first-order chi connectivity index (χ1) is 13.5. The van der Waals surface area contributed by atoms with Gasteiger partial charge in [0.15, 0.2) is 0 Å². The molecule has 1 aromatic heterocycles. The molecule has 1 aliphatic rings. The first-order valence-electron chi connectivity index (χ1n) is 10.6. The molecule has 0 N–H and O–H groups in total. The number of hydrogen-bond acceptors (Lipinski definition) is 4. The second-order valence-corrected chi connectivity index (χ2v) is 9.93. The van der Waals surface area contributed by atoms with Crippen molar-refractivity contribution in [3.63, 3.8) is 0 Å². The molecular formula is C22H33N3O2S. The van der Waals surface area contributed by atoms with E-state index in [0.29, 0.717) is 5.92 Å². The van der Waals surface area contributed by atoms with Crippen LogP contribution in [0.4, 0.5) is 0 Å². The average molecular weight is 404 g/mol. The van der Waals surface area contributed by atoms with Gasteiger partial charge in [-0.3, -0.25) is 4.90 Å². The Morgan fingerprint density at radius 2 is 1.89 bits per heavy atom. The Morgan fingerprint density at radius 3 is 2.61 bits per heavy atom. The van der Waals surface area contributed by atoms with Gasteiger partial charge in [-0.2, -0.15) is 0 Å². The molecule has 0 radical (unpaired) electrons. The Kier molecular flexibility index (Phi) is 7.30. The maximum atomic E-state index is 12.4. The van der Waals surface area contributed by atoms with Crippen molar-refractivity contribution in [1.29, 1.82) is 0 Å². The summed E-state index contributed by atoms with van der Waals surface area (Å²) in [5.41, 5.74) is 2.47. The molecule has 2 heterocycles. The van der Waals surface area contributed by atoms with Gasteiger partial charge < -0.3 is 4.57 Å². The predicted octanol–water partition coefficient (Wildman–Crippen LogP) is 4.25. The molecular weight excluding hydrogens is 370 g/mol. The highest BCUT2D eigenvalue weighted by atomic mass is 32.2. The first-order valence-corrected chi connectivity index (χ1v) is 12.2. The summed E-state index contributed by atoms with van der Waals surface area (Å²) in [4.78, 5) is 6.77. The molecule has 1 atom stereocenters. The maximum absolute atomic E-state index is 12.4. The van der Waals surface area contributed by atoms with Crippen molar-refractivity contribution in [3.05, 3.63) is 47.8 Å². The first kappa shape index (κ1) is 21.1. The van der Waals surface area contributed by atoms with E-state index in [-0.39, 0.29) is 10.9 Å². The van der Waals surface area contributed by atoms with Crippen LogP contribution in [-0.2, 0) is 22.9 Å². The minimum Gasteiger partial charge on any atom is -0.318 e. The summed E-state index contributed by atoms with van der Waals surface area (Å²) in [5, 5.41) is 0.246. The van der Waals surface area contributed by atoms with Crippen molar-refractivity contribution in [2.24, 2.45) is 0 Å². The van der Waals surface area contributed by atoms with Crippen LogP contribution < -0.4 is 0 Å². The molecule has 28 heavy (non-hydrogen) atoms. The molecule has 1 saturated heterocycles. The Bertz CT molecular complexity index is 846. The zero-order valence-corrected chi connectivity index (χ0v) is 18.0. The van der Waals surface area contributed by atoms with Crippen LogP contribution in [0, 0.1) is 0 Å². The van der Waals surface area contributed by atoms with Gasteiger partial charge in [0.05, 0.1) is 17.6 Å². The monoisotopic (exact) mass is 403 g/mol. The molecule has 6 heteroatoms. The number of likely N-dealkylation sites (tertiary alicyclic amines) is 1. The van der Waals surface area contributed by atoms with E-state index in [2.05, 4.69) is 47.1 Å². The molecule has 1 aliphatic heterocycles. The van der Waals surface area contributed by atoms with Crippen LogP contribution in [0.3, 0.4) is 0 Å². The Balaban J connectivity index is 1.72. The van der Waals surface area contributed by atoms with Crippen LogP contribution in [-0.4, -0.2) is 41.7 Å². The fourth-order valence-corrected chi connectivity index (χ4v) is 5.07. The van der Waals surface area contributed by atoms with Crippen molar-refractivity contribution in [1.82, 2.24) is 14.5 Å². The summed E-state index contributed by atoms with van der Waals surface area (Å²) in [6.07, 6.45) is 7.30. The van der Waals surface area contributed by atoms with E-state index in [1.165, 1.54) is 18.4 Å². The average Bonchev–Trinajstić information content (AvgIpc) is 2.97. The van der Waals surface area contributed by atoms with Crippen LogP contribution in [0.25, 0.3) is 0 Å². The number of rotatable bonds is 8. The molecule has 1 aromatic carbocycles. The molecule has 1 unspecified atom stereocenters. The van der Waals surface area contributed by atoms with E-state index in [9.17, 15) is 8.42 Å². The fraction of sp³-hybridized carbons (Fsp3) is 0.591. The van der Waals surface area contributed by atoms with Gasteiger partial charge in [-0.15, -0.1) is 0 Å². The number of unbranched alkanes of at least 4 members (excludes halogenated alkanes) is 1. The van der Waals surface area contributed by atoms with Crippen LogP contribution in [0.1, 0.15) is 63.1 Å². The lowest BCUT2D eigenvalue weighted by Gasteiger charge is -2.21. The number of aromatic nitrogens is 2. The minimum absolute atomic E-state index is 0.0953. The molecule has 0 amide bonds. The van der Waals surface area contributed by atoms with Gasteiger partial charge in [0.1, 0.15) is 0 Å².